The number of benzene rings is 1. The van der Waals surface area contributed by atoms with Crippen LogP contribution in [0.1, 0.15) is 54.9 Å². The van der Waals surface area contributed by atoms with E-state index in [0.29, 0.717) is 11.5 Å². The Morgan fingerprint density at radius 1 is 1.21 bits per heavy atom. The Morgan fingerprint density at radius 2 is 1.95 bits per heavy atom. The van der Waals surface area contributed by atoms with E-state index in [4.69, 9.17) is 9.47 Å². The molecule has 1 aromatic carbocycles. The third-order valence-corrected chi connectivity index (χ3v) is 4.50. The van der Waals surface area contributed by atoms with Gasteiger partial charge in [-0.05, 0) is 31.9 Å². The van der Waals surface area contributed by atoms with Crippen LogP contribution in [0.3, 0.4) is 0 Å². The second-order valence-electron chi connectivity index (χ2n) is 5.78. The van der Waals surface area contributed by atoms with Gasteiger partial charge in [-0.1, -0.05) is 19.3 Å². The van der Waals surface area contributed by atoms with Crippen LogP contribution in [-0.2, 0) is 0 Å². The molecule has 0 spiro atoms. The topological polar surface area (TPSA) is 35.5 Å². The fourth-order valence-electron chi connectivity index (χ4n) is 3.25. The van der Waals surface area contributed by atoms with E-state index in [-0.39, 0.29) is 0 Å². The number of fused-ring (bicyclic) bond motifs is 1. The van der Waals surface area contributed by atoms with Crippen LogP contribution in [0.5, 0.6) is 11.5 Å². The molecule has 1 atom stereocenters. The molecule has 1 aromatic rings. The van der Waals surface area contributed by atoms with Crippen molar-refractivity contribution in [3.8, 4) is 11.5 Å². The molecule has 0 radical (unpaired) electrons. The first kappa shape index (κ1) is 12.5. The number of carbonyl (C=O) groups excluding carboxylic acids is 1. The summed E-state index contributed by atoms with van der Waals surface area (Å²) >= 11 is 0. The minimum absolute atomic E-state index is 0.438. The molecule has 1 fully saturated rings. The molecule has 3 heteroatoms. The van der Waals surface area contributed by atoms with Crippen molar-refractivity contribution in [3.63, 3.8) is 0 Å². The Labute approximate surface area is 113 Å². The highest BCUT2D eigenvalue weighted by Gasteiger charge is 2.45. The van der Waals surface area contributed by atoms with Crippen molar-refractivity contribution in [2.24, 2.45) is 5.92 Å². The summed E-state index contributed by atoms with van der Waals surface area (Å²) in [6, 6.07) is 3.65. The van der Waals surface area contributed by atoms with Gasteiger partial charge in [0.2, 0.25) is 0 Å². The summed E-state index contributed by atoms with van der Waals surface area (Å²) in [4.78, 5) is 11.0. The predicted octanol–water partition coefficient (Wildman–Crippen LogP) is 3.88. The second-order valence-corrected chi connectivity index (χ2v) is 5.78. The van der Waals surface area contributed by atoms with E-state index < -0.39 is 5.79 Å². The van der Waals surface area contributed by atoms with Gasteiger partial charge in [0.25, 0.3) is 5.79 Å². The smallest absolute Gasteiger partial charge is 0.251 e. The SMILES string of the molecule is Cc1c(C=O)ccc2c1OC(C)(C1CCCCC1)O2. The number of ether oxygens (including phenoxy) is 2. The van der Waals surface area contributed by atoms with Gasteiger partial charge in [0.05, 0.1) is 0 Å². The molecule has 0 aromatic heterocycles. The van der Waals surface area contributed by atoms with Crippen LogP contribution < -0.4 is 9.47 Å². The maximum atomic E-state index is 11.0. The van der Waals surface area contributed by atoms with Crippen LogP contribution in [0.15, 0.2) is 12.1 Å². The van der Waals surface area contributed by atoms with Crippen molar-refractivity contribution >= 4 is 6.29 Å². The Bertz CT molecular complexity index is 503. The van der Waals surface area contributed by atoms with Crippen LogP contribution >= 0.6 is 0 Å². The van der Waals surface area contributed by atoms with Crippen molar-refractivity contribution < 1.29 is 14.3 Å². The maximum Gasteiger partial charge on any atom is 0.251 e. The number of rotatable bonds is 2. The number of hydrogen-bond donors (Lipinski definition) is 0. The van der Waals surface area contributed by atoms with Gasteiger partial charge in [0, 0.05) is 24.0 Å². The quantitative estimate of drug-likeness (QED) is 0.757. The van der Waals surface area contributed by atoms with E-state index in [1.165, 1.54) is 19.3 Å². The zero-order valence-electron chi connectivity index (χ0n) is 11.6. The van der Waals surface area contributed by atoms with Gasteiger partial charge in [0.1, 0.15) is 6.29 Å². The third-order valence-electron chi connectivity index (χ3n) is 4.50. The molecule has 3 nitrogen and oxygen atoms in total. The van der Waals surface area contributed by atoms with Crippen molar-refractivity contribution in [3.05, 3.63) is 23.3 Å². The molecular weight excluding hydrogens is 240 g/mol. The molecule has 0 amide bonds. The van der Waals surface area contributed by atoms with E-state index in [9.17, 15) is 4.79 Å². The molecule has 0 N–H and O–H groups in total. The predicted molar refractivity (Wildman–Crippen MR) is 72.8 cm³/mol. The average molecular weight is 260 g/mol. The zero-order valence-corrected chi connectivity index (χ0v) is 11.6. The summed E-state index contributed by atoms with van der Waals surface area (Å²) in [6.45, 7) is 3.95. The Hall–Kier alpha value is -1.51. The lowest BCUT2D eigenvalue weighted by atomic mass is 9.84. The second kappa shape index (κ2) is 4.55. The van der Waals surface area contributed by atoms with Crippen molar-refractivity contribution in [1.29, 1.82) is 0 Å². The summed E-state index contributed by atoms with van der Waals surface area (Å²) in [7, 11) is 0. The van der Waals surface area contributed by atoms with Gasteiger partial charge in [0.15, 0.2) is 11.5 Å². The lowest BCUT2D eigenvalue weighted by molar-refractivity contribution is -0.119. The molecule has 0 bridgehead atoms. The molecule has 1 saturated carbocycles. The number of aldehydes is 1. The van der Waals surface area contributed by atoms with Gasteiger partial charge in [-0.25, -0.2) is 0 Å². The minimum atomic E-state index is -0.560. The summed E-state index contributed by atoms with van der Waals surface area (Å²) in [5.74, 6) is 1.40. The Kier molecular flexibility index (Phi) is 3.00. The number of carbonyl (C=O) groups is 1. The van der Waals surface area contributed by atoms with Crippen LogP contribution in [0, 0.1) is 12.8 Å². The summed E-state index contributed by atoms with van der Waals surface area (Å²) in [6.07, 6.45) is 7.00. The fourth-order valence-corrected chi connectivity index (χ4v) is 3.25. The third kappa shape index (κ3) is 2.01. The normalized spacial score (nSPS) is 26.4. The van der Waals surface area contributed by atoms with Gasteiger partial charge in [-0.3, -0.25) is 4.79 Å². The van der Waals surface area contributed by atoms with Gasteiger partial charge >= 0.3 is 0 Å². The lowest BCUT2D eigenvalue weighted by Crippen LogP contribution is -2.44. The molecule has 0 saturated heterocycles. The Morgan fingerprint density at radius 3 is 2.63 bits per heavy atom. The highest BCUT2D eigenvalue weighted by Crippen LogP contribution is 2.47. The molecule has 102 valence electrons. The first-order chi connectivity index (χ1) is 9.14. The van der Waals surface area contributed by atoms with E-state index in [0.717, 1.165) is 36.2 Å². The molecule has 1 aliphatic carbocycles. The van der Waals surface area contributed by atoms with E-state index in [1.54, 1.807) is 6.07 Å². The molecule has 3 rings (SSSR count). The van der Waals surface area contributed by atoms with Gasteiger partial charge in [-0.2, -0.15) is 0 Å². The molecule has 19 heavy (non-hydrogen) atoms. The van der Waals surface area contributed by atoms with Gasteiger partial charge < -0.3 is 9.47 Å². The highest BCUT2D eigenvalue weighted by molar-refractivity contribution is 5.79. The largest absolute Gasteiger partial charge is 0.448 e. The van der Waals surface area contributed by atoms with Crippen LogP contribution in [-0.4, -0.2) is 12.1 Å². The van der Waals surface area contributed by atoms with Crippen LogP contribution in [0.25, 0.3) is 0 Å². The van der Waals surface area contributed by atoms with Crippen molar-refractivity contribution in [2.75, 3.05) is 0 Å². The zero-order chi connectivity index (χ0) is 13.5. The fraction of sp³-hybridized carbons (Fsp3) is 0.562. The maximum absolute atomic E-state index is 11.0. The standard InChI is InChI=1S/C16H20O3/c1-11-12(10-17)8-9-14-15(11)19-16(2,18-14)13-6-4-3-5-7-13/h8-10,13H,3-7H2,1-2H3. The highest BCUT2D eigenvalue weighted by atomic mass is 16.7. The summed E-state index contributed by atoms with van der Waals surface area (Å²) in [5.41, 5.74) is 1.56. The number of hydrogen-bond acceptors (Lipinski definition) is 3. The van der Waals surface area contributed by atoms with Crippen molar-refractivity contribution in [1.82, 2.24) is 0 Å². The molecular formula is C16H20O3. The first-order valence-corrected chi connectivity index (χ1v) is 7.11. The Balaban J connectivity index is 1.90. The lowest BCUT2D eigenvalue weighted by Gasteiger charge is -2.34. The molecule has 2 aliphatic rings. The van der Waals surface area contributed by atoms with E-state index >= 15 is 0 Å². The minimum Gasteiger partial charge on any atom is -0.448 e. The molecule has 1 unspecified atom stereocenters. The summed E-state index contributed by atoms with van der Waals surface area (Å²) in [5, 5.41) is 0. The average Bonchev–Trinajstić information content (AvgIpc) is 2.79. The van der Waals surface area contributed by atoms with Crippen LogP contribution in [0.2, 0.25) is 0 Å². The van der Waals surface area contributed by atoms with E-state index in [2.05, 4.69) is 0 Å². The van der Waals surface area contributed by atoms with E-state index in [1.807, 2.05) is 19.9 Å². The molecule has 1 aliphatic heterocycles. The van der Waals surface area contributed by atoms with Crippen molar-refractivity contribution in [2.45, 2.75) is 51.7 Å². The molecule has 1 heterocycles. The summed E-state index contributed by atoms with van der Waals surface area (Å²) < 4.78 is 12.2. The first-order valence-electron chi connectivity index (χ1n) is 7.11. The van der Waals surface area contributed by atoms with Crippen LogP contribution in [0.4, 0.5) is 0 Å². The van der Waals surface area contributed by atoms with Gasteiger partial charge in [-0.15, -0.1) is 0 Å². The monoisotopic (exact) mass is 260 g/mol.